The number of hydrogen-bond donors (Lipinski definition) is 1. The van der Waals surface area contributed by atoms with Gasteiger partial charge in [0.15, 0.2) is 6.10 Å². The van der Waals surface area contributed by atoms with E-state index in [1.807, 2.05) is 38.1 Å². The molecule has 0 saturated heterocycles. The molecule has 7 heteroatoms. The molecule has 7 nitrogen and oxygen atoms in total. The van der Waals surface area contributed by atoms with Crippen LogP contribution in [-0.4, -0.2) is 31.7 Å². The fraction of sp³-hybridized carbons (Fsp3) is 0.304. The molecule has 2 aromatic carbocycles. The second-order valence-corrected chi connectivity index (χ2v) is 6.78. The number of fused-ring (bicyclic) bond motifs is 1. The number of benzene rings is 2. The van der Waals surface area contributed by atoms with Crippen LogP contribution < -0.4 is 10.1 Å². The number of amides is 1. The molecule has 0 radical (unpaired) electrons. The standard InChI is InChI=1S/C23H25NO6/c1-5-28-13-17-16-8-6-7-9-19(16)30-21(17)23(26)29-15(3)22(25)24-18-12-14(2)10-11-20(18)27-4/h6-12,15H,5,13H2,1-4H3,(H,24,25)/t15-/m0/s1. The van der Waals surface area contributed by atoms with Gasteiger partial charge in [-0.2, -0.15) is 0 Å². The van der Waals surface area contributed by atoms with E-state index in [1.54, 1.807) is 18.2 Å². The zero-order chi connectivity index (χ0) is 21.7. The van der Waals surface area contributed by atoms with Gasteiger partial charge >= 0.3 is 5.97 Å². The molecule has 0 saturated carbocycles. The summed E-state index contributed by atoms with van der Waals surface area (Å²) in [6.45, 7) is 5.97. The fourth-order valence-corrected chi connectivity index (χ4v) is 3.03. The van der Waals surface area contributed by atoms with Crippen LogP contribution in [0.4, 0.5) is 5.69 Å². The van der Waals surface area contributed by atoms with Crippen LogP contribution in [0.3, 0.4) is 0 Å². The Morgan fingerprint density at radius 1 is 1.17 bits per heavy atom. The summed E-state index contributed by atoms with van der Waals surface area (Å²) in [5, 5.41) is 3.52. The second-order valence-electron chi connectivity index (χ2n) is 6.78. The van der Waals surface area contributed by atoms with E-state index in [9.17, 15) is 9.59 Å². The van der Waals surface area contributed by atoms with Crippen molar-refractivity contribution in [1.82, 2.24) is 0 Å². The Morgan fingerprint density at radius 2 is 1.93 bits per heavy atom. The quantitative estimate of drug-likeness (QED) is 0.550. The van der Waals surface area contributed by atoms with Crippen LogP contribution in [0.2, 0.25) is 0 Å². The Hall–Kier alpha value is -3.32. The van der Waals surface area contributed by atoms with E-state index < -0.39 is 18.0 Å². The molecule has 0 unspecified atom stereocenters. The van der Waals surface area contributed by atoms with Crippen LogP contribution in [-0.2, 0) is 20.9 Å². The van der Waals surface area contributed by atoms with Crippen LogP contribution in [0.1, 0.15) is 35.5 Å². The molecule has 0 bridgehead atoms. The van der Waals surface area contributed by atoms with Crippen LogP contribution in [0.15, 0.2) is 46.9 Å². The lowest BCUT2D eigenvalue weighted by Crippen LogP contribution is -2.30. The monoisotopic (exact) mass is 411 g/mol. The molecule has 3 aromatic rings. The average Bonchev–Trinajstić information content (AvgIpc) is 3.11. The number of carbonyl (C=O) groups is 2. The molecular weight excluding hydrogens is 386 g/mol. The third-order valence-corrected chi connectivity index (χ3v) is 4.60. The Kier molecular flexibility index (Phi) is 6.74. The molecule has 3 rings (SSSR count). The van der Waals surface area contributed by atoms with E-state index in [0.29, 0.717) is 29.2 Å². The Balaban J connectivity index is 1.77. The zero-order valence-electron chi connectivity index (χ0n) is 17.5. The lowest BCUT2D eigenvalue weighted by Gasteiger charge is -2.15. The molecule has 1 aromatic heterocycles. The number of carbonyl (C=O) groups excluding carboxylic acids is 2. The molecule has 1 N–H and O–H groups in total. The summed E-state index contributed by atoms with van der Waals surface area (Å²) in [5.74, 6) is -0.643. The highest BCUT2D eigenvalue weighted by Crippen LogP contribution is 2.28. The summed E-state index contributed by atoms with van der Waals surface area (Å²) in [4.78, 5) is 25.4. The Labute approximate surface area is 174 Å². The summed E-state index contributed by atoms with van der Waals surface area (Å²) in [6.07, 6.45) is -1.05. The van der Waals surface area contributed by atoms with E-state index in [0.717, 1.165) is 10.9 Å². The first kappa shape index (κ1) is 21.4. The summed E-state index contributed by atoms with van der Waals surface area (Å²) < 4.78 is 21.8. The highest BCUT2D eigenvalue weighted by molar-refractivity contribution is 6.00. The van der Waals surface area contributed by atoms with Crippen molar-refractivity contribution in [3.05, 3.63) is 59.4 Å². The largest absolute Gasteiger partial charge is 0.495 e. The van der Waals surface area contributed by atoms with Crippen LogP contribution >= 0.6 is 0 Å². The van der Waals surface area contributed by atoms with Crippen molar-refractivity contribution in [1.29, 1.82) is 0 Å². The number of nitrogens with one attached hydrogen (secondary N) is 1. The maximum Gasteiger partial charge on any atom is 0.375 e. The van der Waals surface area contributed by atoms with Gasteiger partial charge in [-0.3, -0.25) is 4.79 Å². The molecule has 1 heterocycles. The number of ether oxygens (including phenoxy) is 3. The maximum atomic E-state index is 12.8. The molecule has 1 atom stereocenters. The van der Waals surface area contributed by atoms with E-state index in [1.165, 1.54) is 14.0 Å². The summed E-state index contributed by atoms with van der Waals surface area (Å²) >= 11 is 0. The van der Waals surface area contributed by atoms with E-state index in [4.69, 9.17) is 18.6 Å². The lowest BCUT2D eigenvalue weighted by molar-refractivity contribution is -0.123. The van der Waals surface area contributed by atoms with Gasteiger partial charge in [0, 0.05) is 17.6 Å². The molecule has 0 aliphatic carbocycles. The minimum atomic E-state index is -1.05. The lowest BCUT2D eigenvalue weighted by atomic mass is 10.1. The number of esters is 1. The van der Waals surface area contributed by atoms with Crippen molar-refractivity contribution in [2.24, 2.45) is 0 Å². The highest BCUT2D eigenvalue weighted by atomic mass is 16.6. The minimum Gasteiger partial charge on any atom is -0.495 e. The Bertz CT molecular complexity index is 1060. The average molecular weight is 411 g/mol. The molecule has 0 spiro atoms. The van der Waals surface area contributed by atoms with E-state index >= 15 is 0 Å². The van der Waals surface area contributed by atoms with Crippen LogP contribution in [0.25, 0.3) is 11.0 Å². The molecule has 158 valence electrons. The summed E-state index contributed by atoms with van der Waals surface area (Å²) in [5.41, 5.74) is 2.62. The van der Waals surface area contributed by atoms with Gasteiger partial charge in [0.1, 0.15) is 11.3 Å². The normalized spacial score (nSPS) is 11.9. The van der Waals surface area contributed by atoms with Gasteiger partial charge in [0.05, 0.1) is 19.4 Å². The second kappa shape index (κ2) is 9.45. The molecule has 30 heavy (non-hydrogen) atoms. The predicted octanol–water partition coefficient (Wildman–Crippen LogP) is 4.47. The summed E-state index contributed by atoms with van der Waals surface area (Å²) in [6, 6.07) is 12.7. The fourth-order valence-electron chi connectivity index (χ4n) is 3.03. The predicted molar refractivity (Wildman–Crippen MR) is 113 cm³/mol. The van der Waals surface area contributed by atoms with Gasteiger partial charge in [-0.15, -0.1) is 0 Å². The van der Waals surface area contributed by atoms with Crippen LogP contribution in [0, 0.1) is 6.92 Å². The number of methoxy groups -OCH3 is 1. The molecular formula is C23H25NO6. The molecule has 0 aliphatic rings. The van der Waals surface area contributed by atoms with Gasteiger partial charge < -0.3 is 23.9 Å². The highest BCUT2D eigenvalue weighted by Gasteiger charge is 2.26. The number of anilines is 1. The van der Waals surface area contributed by atoms with Gasteiger partial charge in [0.2, 0.25) is 5.76 Å². The van der Waals surface area contributed by atoms with Crippen molar-refractivity contribution in [2.45, 2.75) is 33.5 Å². The molecule has 0 fully saturated rings. The van der Waals surface area contributed by atoms with Crippen molar-refractivity contribution in [3.8, 4) is 5.75 Å². The number of hydrogen-bond acceptors (Lipinski definition) is 6. The van der Waals surface area contributed by atoms with Crippen molar-refractivity contribution >= 4 is 28.5 Å². The third-order valence-electron chi connectivity index (χ3n) is 4.60. The van der Waals surface area contributed by atoms with Crippen LogP contribution in [0.5, 0.6) is 5.75 Å². The molecule has 1 amide bonds. The number of furan rings is 1. The smallest absolute Gasteiger partial charge is 0.375 e. The Morgan fingerprint density at radius 3 is 2.67 bits per heavy atom. The third kappa shape index (κ3) is 4.63. The first-order valence-electron chi connectivity index (χ1n) is 9.69. The van der Waals surface area contributed by atoms with Crippen molar-refractivity contribution in [2.75, 3.05) is 19.0 Å². The number of rotatable bonds is 8. The van der Waals surface area contributed by atoms with Gasteiger partial charge in [0.25, 0.3) is 5.91 Å². The first-order chi connectivity index (χ1) is 14.4. The number of aryl methyl sites for hydroxylation is 1. The SMILES string of the molecule is CCOCc1c(C(=O)O[C@@H](C)C(=O)Nc2cc(C)ccc2OC)oc2ccccc12. The topological polar surface area (TPSA) is 87.0 Å². The van der Waals surface area contributed by atoms with Crippen molar-refractivity contribution < 1.29 is 28.2 Å². The van der Waals surface area contributed by atoms with Gasteiger partial charge in [-0.25, -0.2) is 4.79 Å². The minimum absolute atomic E-state index is 0.0393. The summed E-state index contributed by atoms with van der Waals surface area (Å²) in [7, 11) is 1.52. The van der Waals surface area contributed by atoms with Crippen molar-refractivity contribution in [3.63, 3.8) is 0 Å². The first-order valence-corrected chi connectivity index (χ1v) is 9.69. The van der Waals surface area contributed by atoms with Gasteiger partial charge in [-0.1, -0.05) is 24.3 Å². The zero-order valence-corrected chi connectivity index (χ0v) is 17.5. The van der Waals surface area contributed by atoms with Gasteiger partial charge in [-0.05, 0) is 44.5 Å². The maximum absolute atomic E-state index is 12.8. The number of para-hydroxylation sites is 1. The van der Waals surface area contributed by atoms with E-state index in [2.05, 4.69) is 5.32 Å². The van der Waals surface area contributed by atoms with E-state index in [-0.39, 0.29) is 12.4 Å². The molecule has 0 aliphatic heterocycles.